The molecular formula is C20H32N4O5S. The second-order valence-corrected chi connectivity index (χ2v) is 9.42. The Morgan fingerprint density at radius 1 is 1.17 bits per heavy atom. The highest BCUT2D eigenvalue weighted by atomic mass is 32.2. The zero-order valence-electron chi connectivity index (χ0n) is 17.7. The van der Waals surface area contributed by atoms with E-state index in [9.17, 15) is 18.0 Å². The van der Waals surface area contributed by atoms with E-state index >= 15 is 0 Å². The molecule has 0 aromatic heterocycles. The largest absolute Gasteiger partial charge is 0.383 e. The van der Waals surface area contributed by atoms with Crippen LogP contribution in [-0.2, 0) is 24.3 Å². The standard InChI is InChI=1S/C20H32N4O5S/c1-16-7-8-17(22-20(26)15-23(11-12-29-2)14-19(21)25)13-18(16)30(27,28)24-9-5-3-4-6-10-24/h7-8,13H,3-6,9-12,14-15H2,1-2H3,(H2,21,25)(H,22,26). The van der Waals surface area contributed by atoms with Crippen molar-refractivity contribution in [2.75, 3.05) is 51.8 Å². The van der Waals surface area contributed by atoms with Crippen molar-refractivity contribution in [3.63, 3.8) is 0 Å². The van der Waals surface area contributed by atoms with Gasteiger partial charge in [0.15, 0.2) is 0 Å². The zero-order chi connectivity index (χ0) is 22.1. The Kier molecular flexibility index (Phi) is 9.22. The number of hydrogen-bond acceptors (Lipinski definition) is 6. The van der Waals surface area contributed by atoms with E-state index in [1.54, 1.807) is 24.0 Å². The molecule has 9 nitrogen and oxygen atoms in total. The lowest BCUT2D eigenvalue weighted by Crippen LogP contribution is -2.40. The average Bonchev–Trinajstić information content (AvgIpc) is 2.97. The number of nitrogens with one attached hydrogen (secondary N) is 1. The summed E-state index contributed by atoms with van der Waals surface area (Å²) < 4.78 is 32.8. The van der Waals surface area contributed by atoms with Crippen LogP contribution in [0.3, 0.4) is 0 Å². The van der Waals surface area contributed by atoms with Crippen LogP contribution in [0.15, 0.2) is 23.1 Å². The zero-order valence-corrected chi connectivity index (χ0v) is 18.5. The van der Waals surface area contributed by atoms with E-state index in [1.165, 1.54) is 17.5 Å². The van der Waals surface area contributed by atoms with Crippen molar-refractivity contribution in [1.82, 2.24) is 9.21 Å². The molecule has 168 valence electrons. The van der Waals surface area contributed by atoms with Gasteiger partial charge < -0.3 is 15.8 Å². The number of methoxy groups -OCH3 is 1. The Balaban J connectivity index is 2.13. The topological polar surface area (TPSA) is 122 Å². The van der Waals surface area contributed by atoms with Gasteiger partial charge in [-0.2, -0.15) is 4.31 Å². The van der Waals surface area contributed by atoms with E-state index in [1.807, 2.05) is 0 Å². The first-order chi connectivity index (χ1) is 14.2. The van der Waals surface area contributed by atoms with Crippen molar-refractivity contribution in [1.29, 1.82) is 0 Å². The summed E-state index contributed by atoms with van der Waals surface area (Å²) in [6.07, 6.45) is 3.77. The minimum absolute atomic E-state index is 0.0611. The number of sulfonamides is 1. The fourth-order valence-corrected chi connectivity index (χ4v) is 5.20. The normalized spacial score (nSPS) is 15.7. The molecule has 0 saturated carbocycles. The van der Waals surface area contributed by atoms with Crippen LogP contribution in [0, 0.1) is 6.92 Å². The average molecular weight is 441 g/mol. The van der Waals surface area contributed by atoms with E-state index in [-0.39, 0.29) is 23.9 Å². The van der Waals surface area contributed by atoms with Gasteiger partial charge in [0, 0.05) is 32.4 Å². The molecule has 1 aromatic rings. The van der Waals surface area contributed by atoms with Crippen LogP contribution in [0.1, 0.15) is 31.2 Å². The van der Waals surface area contributed by atoms with Crippen LogP contribution in [0.5, 0.6) is 0 Å². The molecule has 10 heteroatoms. The molecule has 2 rings (SSSR count). The quantitative estimate of drug-likeness (QED) is 0.558. The molecule has 0 bridgehead atoms. The van der Waals surface area contributed by atoms with Crippen molar-refractivity contribution in [2.45, 2.75) is 37.5 Å². The lowest BCUT2D eigenvalue weighted by Gasteiger charge is -2.22. The maximum Gasteiger partial charge on any atom is 0.243 e. The number of rotatable bonds is 10. The van der Waals surface area contributed by atoms with Crippen LogP contribution in [0.4, 0.5) is 5.69 Å². The highest BCUT2D eigenvalue weighted by molar-refractivity contribution is 7.89. The Labute approximate surface area is 178 Å². The van der Waals surface area contributed by atoms with Gasteiger partial charge in [-0.25, -0.2) is 8.42 Å². The predicted octanol–water partition coefficient (Wildman–Crippen LogP) is 0.932. The molecule has 1 aromatic carbocycles. The van der Waals surface area contributed by atoms with Gasteiger partial charge in [-0.3, -0.25) is 14.5 Å². The number of amides is 2. The minimum Gasteiger partial charge on any atom is -0.383 e. The molecule has 1 aliphatic rings. The van der Waals surface area contributed by atoms with Gasteiger partial charge in [0.05, 0.1) is 24.6 Å². The Hall–Kier alpha value is -2.01. The van der Waals surface area contributed by atoms with Crippen molar-refractivity contribution in [2.24, 2.45) is 5.73 Å². The minimum atomic E-state index is -3.63. The molecular weight excluding hydrogens is 408 g/mol. The molecule has 3 N–H and O–H groups in total. The Bertz CT molecular complexity index is 836. The SMILES string of the molecule is COCCN(CC(N)=O)CC(=O)Nc1ccc(C)c(S(=O)(=O)N2CCCCCC2)c1. The maximum atomic E-state index is 13.2. The second-order valence-electron chi connectivity index (χ2n) is 7.52. The molecule has 0 radical (unpaired) electrons. The molecule has 1 fully saturated rings. The first kappa shape index (κ1) is 24.3. The maximum absolute atomic E-state index is 13.2. The number of nitrogens with two attached hydrogens (primary N) is 1. The smallest absolute Gasteiger partial charge is 0.243 e. The van der Waals surface area contributed by atoms with Crippen LogP contribution < -0.4 is 11.1 Å². The molecule has 1 heterocycles. The van der Waals surface area contributed by atoms with Crippen molar-refractivity contribution in [3.05, 3.63) is 23.8 Å². The molecule has 30 heavy (non-hydrogen) atoms. The molecule has 2 amide bonds. The predicted molar refractivity (Wildman–Crippen MR) is 115 cm³/mol. The lowest BCUT2D eigenvalue weighted by molar-refractivity contribution is -0.121. The summed E-state index contributed by atoms with van der Waals surface area (Å²) in [4.78, 5) is 25.4. The molecule has 1 aliphatic heterocycles. The molecule has 0 unspecified atom stereocenters. The van der Waals surface area contributed by atoms with Gasteiger partial charge in [0.2, 0.25) is 21.8 Å². The number of carbonyl (C=O) groups excluding carboxylic acids is 2. The third-order valence-electron chi connectivity index (χ3n) is 5.01. The first-order valence-corrected chi connectivity index (χ1v) is 11.6. The van der Waals surface area contributed by atoms with Gasteiger partial charge in [-0.05, 0) is 37.5 Å². The molecule has 0 spiro atoms. The second kappa shape index (κ2) is 11.4. The summed E-state index contributed by atoms with van der Waals surface area (Å²) in [5.74, 6) is -0.908. The summed E-state index contributed by atoms with van der Waals surface area (Å²) in [7, 11) is -2.10. The van der Waals surface area contributed by atoms with Crippen molar-refractivity contribution < 1.29 is 22.7 Å². The summed E-state index contributed by atoms with van der Waals surface area (Å²) in [5, 5.41) is 2.72. The van der Waals surface area contributed by atoms with E-state index in [4.69, 9.17) is 10.5 Å². The summed E-state index contributed by atoms with van der Waals surface area (Å²) in [6.45, 7) is 3.36. The van der Waals surface area contributed by atoms with Crippen molar-refractivity contribution >= 4 is 27.5 Å². The van der Waals surface area contributed by atoms with E-state index in [0.717, 1.165) is 25.7 Å². The highest BCUT2D eigenvalue weighted by Gasteiger charge is 2.27. The Morgan fingerprint density at radius 3 is 2.43 bits per heavy atom. The third kappa shape index (κ3) is 7.05. The van der Waals surface area contributed by atoms with E-state index < -0.39 is 15.9 Å². The van der Waals surface area contributed by atoms with E-state index in [2.05, 4.69) is 5.32 Å². The van der Waals surface area contributed by atoms with Gasteiger partial charge >= 0.3 is 0 Å². The van der Waals surface area contributed by atoms with Crippen LogP contribution in [0.25, 0.3) is 0 Å². The monoisotopic (exact) mass is 440 g/mol. The number of benzene rings is 1. The molecule has 1 saturated heterocycles. The van der Waals surface area contributed by atoms with E-state index in [0.29, 0.717) is 37.5 Å². The van der Waals surface area contributed by atoms with Gasteiger partial charge in [-0.15, -0.1) is 0 Å². The van der Waals surface area contributed by atoms with Crippen LogP contribution in [-0.4, -0.2) is 75.9 Å². The van der Waals surface area contributed by atoms with Gasteiger partial charge in [-0.1, -0.05) is 18.9 Å². The fourth-order valence-electron chi connectivity index (χ4n) is 3.44. The van der Waals surface area contributed by atoms with Gasteiger partial charge in [0.25, 0.3) is 0 Å². The molecule has 0 aliphatic carbocycles. The number of anilines is 1. The number of aryl methyl sites for hydroxylation is 1. The number of hydrogen-bond donors (Lipinski definition) is 2. The van der Waals surface area contributed by atoms with Crippen LogP contribution in [0.2, 0.25) is 0 Å². The van der Waals surface area contributed by atoms with Crippen LogP contribution >= 0.6 is 0 Å². The summed E-state index contributed by atoms with van der Waals surface area (Å²) in [6, 6.07) is 4.86. The number of nitrogens with zero attached hydrogens (tertiary/aromatic N) is 2. The Morgan fingerprint density at radius 2 is 1.83 bits per heavy atom. The number of carbonyl (C=O) groups is 2. The third-order valence-corrected chi connectivity index (χ3v) is 7.05. The summed E-state index contributed by atoms with van der Waals surface area (Å²) >= 11 is 0. The number of ether oxygens (including phenoxy) is 1. The molecule has 0 atom stereocenters. The highest BCUT2D eigenvalue weighted by Crippen LogP contribution is 2.25. The summed E-state index contributed by atoms with van der Waals surface area (Å²) in [5.41, 5.74) is 6.26. The first-order valence-electron chi connectivity index (χ1n) is 10.1. The fraction of sp³-hybridized carbons (Fsp3) is 0.600. The number of primary amides is 1. The van der Waals surface area contributed by atoms with Crippen molar-refractivity contribution in [3.8, 4) is 0 Å². The lowest BCUT2D eigenvalue weighted by atomic mass is 10.2. The van der Waals surface area contributed by atoms with Gasteiger partial charge in [0.1, 0.15) is 0 Å².